The van der Waals surface area contributed by atoms with Crippen LogP contribution < -0.4 is 10.2 Å². The van der Waals surface area contributed by atoms with E-state index in [0.29, 0.717) is 33.4 Å². The van der Waals surface area contributed by atoms with Crippen molar-refractivity contribution in [3.8, 4) is 0 Å². The van der Waals surface area contributed by atoms with Crippen molar-refractivity contribution in [2.45, 2.75) is 6.17 Å². The monoisotopic (exact) mass is 392 g/mol. The number of carbonyl (C=O) groups excluding carboxylic acids is 1. The number of fused-ring (bicyclic) bond motifs is 2. The van der Waals surface area contributed by atoms with Gasteiger partial charge in [-0.15, -0.1) is 0 Å². The second-order valence-electron chi connectivity index (χ2n) is 6.46. The Labute approximate surface area is 165 Å². The highest BCUT2D eigenvalue weighted by Gasteiger charge is 2.37. The van der Waals surface area contributed by atoms with Crippen molar-refractivity contribution in [1.29, 1.82) is 0 Å². The zero-order chi connectivity index (χ0) is 19.3. The third-order valence-electron chi connectivity index (χ3n) is 4.81. The van der Waals surface area contributed by atoms with Gasteiger partial charge in [-0.25, -0.2) is 9.37 Å². The lowest BCUT2D eigenvalue weighted by molar-refractivity contribution is 0.0974. The summed E-state index contributed by atoms with van der Waals surface area (Å²) in [5, 5.41) is 3.69. The van der Waals surface area contributed by atoms with Crippen molar-refractivity contribution in [3.05, 3.63) is 95.2 Å². The van der Waals surface area contributed by atoms with Gasteiger partial charge in [0, 0.05) is 17.6 Å². The first kappa shape index (κ1) is 16.8. The van der Waals surface area contributed by atoms with Crippen LogP contribution in [0.1, 0.15) is 22.2 Å². The van der Waals surface area contributed by atoms with Gasteiger partial charge in [0.15, 0.2) is 11.3 Å². The summed E-state index contributed by atoms with van der Waals surface area (Å²) < 4.78 is 15.3. The van der Waals surface area contributed by atoms with Gasteiger partial charge >= 0.3 is 0 Å². The molecule has 0 fully saturated rings. The molecule has 0 saturated carbocycles. The Morgan fingerprint density at radius 3 is 2.57 bits per heavy atom. The van der Waals surface area contributed by atoms with Crippen molar-refractivity contribution in [2.75, 3.05) is 10.2 Å². The van der Waals surface area contributed by atoms with Gasteiger partial charge < -0.3 is 5.32 Å². The maximum absolute atomic E-state index is 13.5. The molecule has 5 nitrogen and oxygen atoms in total. The molecule has 0 aliphatic carbocycles. The lowest BCUT2D eigenvalue weighted by Crippen LogP contribution is -2.43. The quantitative estimate of drug-likeness (QED) is 0.528. The van der Waals surface area contributed by atoms with Crippen LogP contribution in [0, 0.1) is 5.82 Å². The maximum Gasteiger partial charge on any atom is 0.262 e. The average Bonchev–Trinajstić information content (AvgIpc) is 3.04. The van der Waals surface area contributed by atoms with E-state index >= 15 is 0 Å². The second kappa shape index (κ2) is 6.35. The minimum absolute atomic E-state index is 0.201. The predicted molar refractivity (Wildman–Crippen MR) is 106 cm³/mol. The summed E-state index contributed by atoms with van der Waals surface area (Å²) in [4.78, 5) is 19.4. The van der Waals surface area contributed by atoms with Crippen LogP contribution in [0.4, 0.5) is 15.8 Å². The van der Waals surface area contributed by atoms with Crippen LogP contribution in [0.3, 0.4) is 0 Å². The number of carbonyl (C=O) groups is 1. The van der Waals surface area contributed by atoms with E-state index in [2.05, 4.69) is 10.3 Å². The predicted octanol–water partition coefficient (Wildman–Crippen LogP) is 4.90. The first-order chi connectivity index (χ1) is 13.6. The Morgan fingerprint density at radius 2 is 1.75 bits per heavy atom. The van der Waals surface area contributed by atoms with E-state index in [4.69, 9.17) is 11.6 Å². The number of nitrogens with zero attached hydrogens (tertiary/aromatic N) is 3. The van der Waals surface area contributed by atoms with Gasteiger partial charge in [-0.2, -0.15) is 0 Å². The molecule has 1 aliphatic rings. The molecule has 0 spiro atoms. The number of anilines is 2. The highest BCUT2D eigenvalue weighted by Crippen LogP contribution is 2.38. The van der Waals surface area contributed by atoms with Crippen LogP contribution in [-0.2, 0) is 0 Å². The van der Waals surface area contributed by atoms with Gasteiger partial charge in [-0.05, 0) is 48.5 Å². The Kier molecular flexibility index (Phi) is 3.80. The van der Waals surface area contributed by atoms with Gasteiger partial charge in [0.2, 0.25) is 0 Å². The smallest absolute Gasteiger partial charge is 0.262 e. The number of halogens is 2. The van der Waals surface area contributed by atoms with Gasteiger partial charge in [-0.3, -0.25) is 14.1 Å². The minimum Gasteiger partial charge on any atom is -0.359 e. The molecule has 138 valence electrons. The molecular formula is C21H14ClFN4O. The number of imidazole rings is 1. The number of amides is 1. The average molecular weight is 393 g/mol. The van der Waals surface area contributed by atoms with Crippen molar-refractivity contribution in [2.24, 2.45) is 0 Å². The number of hydrogen-bond acceptors (Lipinski definition) is 3. The molecule has 1 atom stereocenters. The lowest BCUT2D eigenvalue weighted by Gasteiger charge is -2.37. The van der Waals surface area contributed by atoms with Crippen molar-refractivity contribution in [1.82, 2.24) is 9.38 Å². The summed E-state index contributed by atoms with van der Waals surface area (Å²) in [6.45, 7) is 0. The molecule has 2 aromatic heterocycles. The largest absolute Gasteiger partial charge is 0.359 e. The van der Waals surface area contributed by atoms with E-state index in [-0.39, 0.29) is 11.7 Å². The highest BCUT2D eigenvalue weighted by atomic mass is 35.5. The SMILES string of the molecule is O=C1c2ccccc2N[C@H](c2c(Cl)nc3ccccn23)N1c1ccc(F)cc1. The first-order valence-corrected chi connectivity index (χ1v) is 9.08. The number of pyridine rings is 1. The third kappa shape index (κ3) is 2.53. The molecule has 5 rings (SSSR count). The summed E-state index contributed by atoms with van der Waals surface area (Å²) in [6.07, 6.45) is 1.23. The van der Waals surface area contributed by atoms with Crippen molar-refractivity contribution >= 4 is 34.5 Å². The summed E-state index contributed by atoms with van der Waals surface area (Å²) in [5.41, 5.74) is 3.10. The number of aromatic nitrogens is 2. The first-order valence-electron chi connectivity index (χ1n) is 8.70. The molecule has 0 saturated heterocycles. The van der Waals surface area contributed by atoms with E-state index < -0.39 is 6.17 Å². The second-order valence-corrected chi connectivity index (χ2v) is 6.82. The number of nitrogens with one attached hydrogen (secondary N) is 1. The lowest BCUT2D eigenvalue weighted by atomic mass is 10.1. The van der Waals surface area contributed by atoms with Crippen molar-refractivity contribution in [3.63, 3.8) is 0 Å². The molecule has 0 radical (unpaired) electrons. The van der Waals surface area contributed by atoms with Gasteiger partial charge in [0.1, 0.15) is 17.2 Å². The standard InChI is InChI=1S/C21H14ClFN4O/c22-19-18(26-12-4-3-7-17(26)25-19)20-24-16-6-2-1-5-15(16)21(28)27(20)14-10-8-13(23)9-11-14/h1-12,20,24H/t20-/m0/s1. The van der Waals surface area contributed by atoms with E-state index in [0.717, 1.165) is 0 Å². The van der Waals surface area contributed by atoms with Crippen LogP contribution in [-0.4, -0.2) is 15.3 Å². The van der Waals surface area contributed by atoms with E-state index in [1.54, 1.807) is 23.1 Å². The van der Waals surface area contributed by atoms with E-state index in [1.807, 2.05) is 47.0 Å². The molecule has 7 heteroatoms. The van der Waals surface area contributed by atoms with Gasteiger partial charge in [0.05, 0.1) is 5.56 Å². The Bertz CT molecular complexity index is 1200. The number of para-hydroxylation sites is 1. The van der Waals surface area contributed by atoms with E-state index in [1.165, 1.54) is 12.1 Å². The number of benzene rings is 2. The van der Waals surface area contributed by atoms with Gasteiger partial charge in [-0.1, -0.05) is 29.8 Å². The maximum atomic E-state index is 13.5. The molecule has 4 aromatic rings. The Hall–Kier alpha value is -3.38. The van der Waals surface area contributed by atoms with Crippen LogP contribution >= 0.6 is 11.6 Å². The topological polar surface area (TPSA) is 49.6 Å². The molecule has 2 aromatic carbocycles. The molecule has 0 bridgehead atoms. The molecule has 0 unspecified atom stereocenters. The summed E-state index contributed by atoms with van der Waals surface area (Å²) in [7, 11) is 0. The molecule has 1 N–H and O–H groups in total. The highest BCUT2D eigenvalue weighted by molar-refractivity contribution is 6.30. The summed E-state index contributed by atoms with van der Waals surface area (Å²) in [6, 6.07) is 18.7. The molecule has 1 amide bonds. The zero-order valence-electron chi connectivity index (χ0n) is 14.5. The van der Waals surface area contributed by atoms with E-state index in [9.17, 15) is 9.18 Å². The molecule has 1 aliphatic heterocycles. The number of rotatable bonds is 2. The van der Waals surface area contributed by atoms with Crippen molar-refractivity contribution < 1.29 is 9.18 Å². The van der Waals surface area contributed by atoms with Crippen LogP contribution in [0.25, 0.3) is 5.65 Å². The summed E-state index contributed by atoms with van der Waals surface area (Å²) >= 11 is 6.48. The minimum atomic E-state index is -0.613. The summed E-state index contributed by atoms with van der Waals surface area (Å²) in [5.74, 6) is -0.571. The van der Waals surface area contributed by atoms with Crippen LogP contribution in [0.15, 0.2) is 72.9 Å². The molecule has 28 heavy (non-hydrogen) atoms. The molecular weight excluding hydrogens is 379 g/mol. The fourth-order valence-electron chi connectivity index (χ4n) is 3.54. The fraction of sp³-hybridized carbons (Fsp3) is 0.0476. The third-order valence-corrected chi connectivity index (χ3v) is 5.09. The Morgan fingerprint density at radius 1 is 1.00 bits per heavy atom. The number of hydrogen-bond donors (Lipinski definition) is 1. The fourth-order valence-corrected chi connectivity index (χ4v) is 3.82. The Balaban J connectivity index is 1.74. The molecule has 3 heterocycles. The zero-order valence-corrected chi connectivity index (χ0v) is 15.3. The van der Waals surface area contributed by atoms with Crippen LogP contribution in [0.2, 0.25) is 5.15 Å². The van der Waals surface area contributed by atoms with Crippen LogP contribution in [0.5, 0.6) is 0 Å². The normalized spacial score (nSPS) is 16.1. The van der Waals surface area contributed by atoms with Gasteiger partial charge in [0.25, 0.3) is 5.91 Å².